The van der Waals surface area contributed by atoms with Crippen LogP contribution in [0.4, 0.5) is 4.79 Å². The molecule has 2 heterocycles. The number of aliphatic hydroxyl groups is 1. The number of amides is 2. The summed E-state index contributed by atoms with van der Waals surface area (Å²) in [5.74, 6) is -1.06. The summed E-state index contributed by atoms with van der Waals surface area (Å²) in [4.78, 5) is 26.6. The Morgan fingerprint density at radius 2 is 2.10 bits per heavy atom. The summed E-state index contributed by atoms with van der Waals surface area (Å²) in [6.07, 6.45) is 2.73. The van der Waals surface area contributed by atoms with E-state index in [9.17, 15) is 14.7 Å². The van der Waals surface area contributed by atoms with Crippen LogP contribution in [0.15, 0.2) is 0 Å². The number of aliphatic carboxylic acids is 1. The van der Waals surface area contributed by atoms with Gasteiger partial charge in [0, 0.05) is 25.6 Å². The summed E-state index contributed by atoms with van der Waals surface area (Å²) in [5, 5.41) is 21.4. The standard InChI is InChI=1S/C13H23N3O4/c1-15-5-3-2-4-9(15)7-14-13(20)16-8-10(17)6-11(16)12(18)19/h9-11,17H,2-8H2,1H3,(H,14,20)(H,18,19)/t9?,10-,11+/m1/s1. The van der Waals surface area contributed by atoms with E-state index in [1.165, 1.54) is 11.3 Å². The van der Waals surface area contributed by atoms with E-state index in [4.69, 9.17) is 5.11 Å². The molecule has 3 N–H and O–H groups in total. The van der Waals surface area contributed by atoms with Crippen LogP contribution in [-0.2, 0) is 4.79 Å². The molecule has 2 amide bonds. The summed E-state index contributed by atoms with van der Waals surface area (Å²) in [6.45, 7) is 1.64. The summed E-state index contributed by atoms with van der Waals surface area (Å²) in [6, 6.07) is -1.01. The Balaban J connectivity index is 1.86. The van der Waals surface area contributed by atoms with Crippen LogP contribution in [0.2, 0.25) is 0 Å². The molecule has 0 aliphatic carbocycles. The van der Waals surface area contributed by atoms with E-state index in [2.05, 4.69) is 10.2 Å². The van der Waals surface area contributed by atoms with Crippen LogP contribution in [0.25, 0.3) is 0 Å². The maximum absolute atomic E-state index is 12.1. The highest BCUT2D eigenvalue weighted by atomic mass is 16.4. The lowest BCUT2D eigenvalue weighted by Crippen LogP contribution is -2.50. The molecule has 7 nitrogen and oxygen atoms in total. The van der Waals surface area contributed by atoms with Gasteiger partial charge in [-0.1, -0.05) is 6.42 Å². The predicted octanol–water partition coefficient (Wildman–Crippen LogP) is -0.300. The van der Waals surface area contributed by atoms with Gasteiger partial charge < -0.3 is 25.3 Å². The molecule has 2 aliphatic rings. The summed E-state index contributed by atoms with van der Waals surface area (Å²) in [5.41, 5.74) is 0. The van der Waals surface area contributed by atoms with Crippen LogP contribution >= 0.6 is 0 Å². The first-order chi connectivity index (χ1) is 9.49. The minimum absolute atomic E-state index is 0.0866. The fourth-order valence-electron chi connectivity index (χ4n) is 2.98. The first kappa shape index (κ1) is 15.1. The predicted molar refractivity (Wildman–Crippen MR) is 72.4 cm³/mol. The number of likely N-dealkylation sites (N-methyl/N-ethyl adjacent to an activating group) is 1. The highest BCUT2D eigenvalue weighted by molar-refractivity contribution is 5.83. The van der Waals surface area contributed by atoms with Crippen molar-refractivity contribution in [1.29, 1.82) is 0 Å². The second-order valence-corrected chi connectivity index (χ2v) is 5.71. The van der Waals surface area contributed by atoms with Gasteiger partial charge in [-0.15, -0.1) is 0 Å². The number of rotatable bonds is 3. The van der Waals surface area contributed by atoms with Gasteiger partial charge >= 0.3 is 12.0 Å². The minimum atomic E-state index is -1.06. The zero-order valence-corrected chi connectivity index (χ0v) is 11.8. The maximum atomic E-state index is 12.1. The Hall–Kier alpha value is -1.34. The van der Waals surface area contributed by atoms with Crippen LogP contribution in [-0.4, -0.2) is 76.9 Å². The van der Waals surface area contributed by atoms with Crippen molar-refractivity contribution >= 4 is 12.0 Å². The zero-order chi connectivity index (χ0) is 14.7. The molecule has 20 heavy (non-hydrogen) atoms. The Labute approximate surface area is 118 Å². The smallest absolute Gasteiger partial charge is 0.326 e. The molecule has 1 unspecified atom stereocenters. The quantitative estimate of drug-likeness (QED) is 0.662. The normalized spacial score (nSPS) is 31.3. The Morgan fingerprint density at radius 1 is 1.35 bits per heavy atom. The molecule has 7 heteroatoms. The van der Waals surface area contributed by atoms with E-state index in [1.807, 2.05) is 7.05 Å². The molecule has 0 bridgehead atoms. The summed E-state index contributed by atoms with van der Waals surface area (Å²) >= 11 is 0. The monoisotopic (exact) mass is 285 g/mol. The lowest BCUT2D eigenvalue weighted by Gasteiger charge is -2.33. The van der Waals surface area contributed by atoms with Gasteiger partial charge in [-0.2, -0.15) is 0 Å². The first-order valence-electron chi connectivity index (χ1n) is 7.14. The van der Waals surface area contributed by atoms with Crippen molar-refractivity contribution in [2.24, 2.45) is 0 Å². The van der Waals surface area contributed by atoms with Gasteiger partial charge in [-0.25, -0.2) is 9.59 Å². The molecule has 3 atom stereocenters. The molecule has 2 rings (SSSR count). The van der Waals surface area contributed by atoms with Gasteiger partial charge in [0.25, 0.3) is 0 Å². The number of carbonyl (C=O) groups excluding carboxylic acids is 1. The number of nitrogens with one attached hydrogen (secondary N) is 1. The number of β-amino-alcohol motifs (C(OH)–C–C–N with tert-alkyl or cyclic N) is 1. The number of carboxylic acids is 1. The number of aliphatic hydroxyl groups excluding tert-OH is 1. The molecule has 2 saturated heterocycles. The number of carbonyl (C=O) groups is 2. The average molecular weight is 285 g/mol. The third-order valence-electron chi connectivity index (χ3n) is 4.24. The Kier molecular flexibility index (Phi) is 4.82. The van der Waals surface area contributed by atoms with E-state index < -0.39 is 24.1 Å². The lowest BCUT2D eigenvalue weighted by molar-refractivity contribution is -0.141. The second kappa shape index (κ2) is 6.41. The minimum Gasteiger partial charge on any atom is -0.480 e. The van der Waals surface area contributed by atoms with E-state index >= 15 is 0 Å². The Bertz CT molecular complexity index is 377. The van der Waals surface area contributed by atoms with Crippen molar-refractivity contribution in [1.82, 2.24) is 15.1 Å². The molecular weight excluding hydrogens is 262 g/mol. The van der Waals surface area contributed by atoms with Crippen molar-refractivity contribution < 1.29 is 19.8 Å². The van der Waals surface area contributed by atoms with E-state index in [1.54, 1.807) is 0 Å². The number of urea groups is 1. The number of hydrogen-bond acceptors (Lipinski definition) is 4. The molecule has 114 valence electrons. The van der Waals surface area contributed by atoms with Gasteiger partial charge in [0.2, 0.25) is 0 Å². The molecule has 0 aromatic rings. The van der Waals surface area contributed by atoms with Crippen molar-refractivity contribution in [2.75, 3.05) is 26.7 Å². The van der Waals surface area contributed by atoms with E-state index in [0.29, 0.717) is 12.6 Å². The third-order valence-corrected chi connectivity index (χ3v) is 4.24. The van der Waals surface area contributed by atoms with E-state index in [0.717, 1.165) is 19.4 Å². The zero-order valence-electron chi connectivity index (χ0n) is 11.8. The van der Waals surface area contributed by atoms with Gasteiger partial charge in [0.05, 0.1) is 6.10 Å². The second-order valence-electron chi connectivity index (χ2n) is 5.71. The molecular formula is C13H23N3O4. The Morgan fingerprint density at radius 3 is 2.75 bits per heavy atom. The SMILES string of the molecule is CN1CCCCC1CNC(=O)N1C[C@H](O)C[C@H]1C(=O)O. The van der Waals surface area contributed by atoms with Gasteiger partial charge in [-0.3, -0.25) is 0 Å². The van der Waals surface area contributed by atoms with Crippen LogP contribution in [0.3, 0.4) is 0 Å². The van der Waals surface area contributed by atoms with Crippen LogP contribution in [0.5, 0.6) is 0 Å². The fraction of sp³-hybridized carbons (Fsp3) is 0.846. The van der Waals surface area contributed by atoms with Gasteiger partial charge in [-0.05, 0) is 26.4 Å². The number of nitrogens with zero attached hydrogens (tertiary/aromatic N) is 2. The van der Waals surface area contributed by atoms with Crippen LogP contribution < -0.4 is 5.32 Å². The van der Waals surface area contributed by atoms with Gasteiger partial charge in [0.1, 0.15) is 6.04 Å². The van der Waals surface area contributed by atoms with Gasteiger partial charge in [0.15, 0.2) is 0 Å². The summed E-state index contributed by atoms with van der Waals surface area (Å²) in [7, 11) is 2.04. The largest absolute Gasteiger partial charge is 0.480 e. The van der Waals surface area contributed by atoms with Crippen LogP contribution in [0.1, 0.15) is 25.7 Å². The lowest BCUT2D eigenvalue weighted by atomic mass is 10.0. The van der Waals surface area contributed by atoms with E-state index in [-0.39, 0.29) is 13.0 Å². The fourth-order valence-corrected chi connectivity index (χ4v) is 2.98. The van der Waals surface area contributed by atoms with Crippen molar-refractivity contribution in [2.45, 2.75) is 43.9 Å². The number of likely N-dealkylation sites (tertiary alicyclic amines) is 2. The number of carboxylic acid groups (broad SMARTS) is 1. The third kappa shape index (κ3) is 3.40. The van der Waals surface area contributed by atoms with Crippen LogP contribution in [0, 0.1) is 0 Å². The highest BCUT2D eigenvalue weighted by Crippen LogP contribution is 2.19. The molecule has 0 aromatic carbocycles. The number of piperidine rings is 1. The topological polar surface area (TPSA) is 93.1 Å². The highest BCUT2D eigenvalue weighted by Gasteiger charge is 2.39. The summed E-state index contributed by atoms with van der Waals surface area (Å²) < 4.78 is 0. The molecule has 2 fully saturated rings. The van der Waals surface area contributed by atoms with Crippen molar-refractivity contribution in [3.05, 3.63) is 0 Å². The molecule has 0 saturated carbocycles. The maximum Gasteiger partial charge on any atom is 0.326 e. The van der Waals surface area contributed by atoms with Crippen molar-refractivity contribution in [3.8, 4) is 0 Å². The average Bonchev–Trinajstić information content (AvgIpc) is 2.80. The molecule has 0 spiro atoms. The molecule has 0 radical (unpaired) electrons. The molecule has 0 aromatic heterocycles. The van der Waals surface area contributed by atoms with Crippen molar-refractivity contribution in [3.63, 3.8) is 0 Å². The first-order valence-corrected chi connectivity index (χ1v) is 7.14. The molecule has 2 aliphatic heterocycles. The number of hydrogen-bond donors (Lipinski definition) is 3.